The van der Waals surface area contributed by atoms with Crippen molar-refractivity contribution in [2.45, 2.75) is 33.1 Å². The molecule has 3 rings (SSSR count). The van der Waals surface area contributed by atoms with Crippen molar-refractivity contribution < 1.29 is 0 Å². The van der Waals surface area contributed by atoms with Crippen molar-refractivity contribution in [3.05, 3.63) is 34.5 Å². The van der Waals surface area contributed by atoms with E-state index in [0.717, 1.165) is 30.8 Å². The van der Waals surface area contributed by atoms with Gasteiger partial charge < -0.3 is 5.73 Å². The molecule has 6 heteroatoms. The average molecular weight is 256 g/mol. The van der Waals surface area contributed by atoms with Gasteiger partial charge in [0.1, 0.15) is 17.5 Å². The predicted molar refractivity (Wildman–Crippen MR) is 71.7 cm³/mol. The number of fused-ring (bicyclic) bond motifs is 1. The molecule has 2 heterocycles. The molecule has 0 bridgehead atoms. The summed E-state index contributed by atoms with van der Waals surface area (Å²) in [6, 6.07) is 1.98. The van der Waals surface area contributed by atoms with Crippen molar-refractivity contribution in [1.82, 2.24) is 19.7 Å². The molecule has 0 aromatic carbocycles. The lowest BCUT2D eigenvalue weighted by atomic mass is 10.1. The summed E-state index contributed by atoms with van der Waals surface area (Å²) in [4.78, 5) is 8.94. The van der Waals surface area contributed by atoms with Crippen LogP contribution in [0.15, 0.2) is 6.07 Å². The van der Waals surface area contributed by atoms with Crippen LogP contribution < -0.4 is 5.73 Å². The Morgan fingerprint density at radius 3 is 2.74 bits per heavy atom. The number of amidine groups is 1. The van der Waals surface area contributed by atoms with Crippen LogP contribution in [0.1, 0.15) is 34.9 Å². The number of nitrogens with one attached hydrogen (secondary N) is 1. The second-order valence-corrected chi connectivity index (χ2v) is 4.85. The molecule has 1 aliphatic rings. The van der Waals surface area contributed by atoms with E-state index in [1.54, 1.807) is 4.68 Å². The van der Waals surface area contributed by atoms with Gasteiger partial charge in [-0.2, -0.15) is 4.68 Å². The van der Waals surface area contributed by atoms with Gasteiger partial charge in [0, 0.05) is 5.69 Å². The maximum Gasteiger partial charge on any atom is 0.166 e. The molecule has 0 atom stereocenters. The largest absolute Gasteiger partial charge is 0.384 e. The molecule has 0 fully saturated rings. The number of pyridine rings is 1. The number of hydrogen-bond donors (Lipinski definition) is 2. The molecule has 6 nitrogen and oxygen atoms in total. The number of aryl methyl sites for hydroxylation is 4. The van der Waals surface area contributed by atoms with Gasteiger partial charge in [-0.1, -0.05) is 0 Å². The van der Waals surface area contributed by atoms with Crippen molar-refractivity contribution in [2.24, 2.45) is 5.73 Å². The molecule has 0 saturated heterocycles. The van der Waals surface area contributed by atoms with Crippen molar-refractivity contribution in [3.63, 3.8) is 0 Å². The Morgan fingerprint density at radius 2 is 2.11 bits per heavy atom. The third-order valence-electron chi connectivity index (χ3n) is 3.40. The molecular weight excluding hydrogens is 240 g/mol. The summed E-state index contributed by atoms with van der Waals surface area (Å²) in [6.07, 6.45) is 3.10. The number of nitrogens with two attached hydrogens (primary N) is 1. The summed E-state index contributed by atoms with van der Waals surface area (Å²) in [5, 5.41) is 12.1. The molecule has 1 aliphatic carbocycles. The molecule has 0 unspecified atom stereocenters. The topological polar surface area (TPSA) is 93.5 Å². The molecule has 3 N–H and O–H groups in total. The SMILES string of the molecule is Cc1nc(C)n(-c2nc3c(cc2C(=N)N)CCC3)n1. The highest BCUT2D eigenvalue weighted by Crippen LogP contribution is 2.24. The predicted octanol–water partition coefficient (Wildman–Crippen LogP) is 1.05. The summed E-state index contributed by atoms with van der Waals surface area (Å²) >= 11 is 0. The van der Waals surface area contributed by atoms with Crippen molar-refractivity contribution in [2.75, 3.05) is 0 Å². The summed E-state index contributed by atoms with van der Waals surface area (Å²) in [5.41, 5.74) is 8.61. The van der Waals surface area contributed by atoms with Crippen LogP contribution in [0.4, 0.5) is 0 Å². The summed E-state index contributed by atoms with van der Waals surface area (Å²) < 4.78 is 1.67. The Morgan fingerprint density at radius 1 is 1.32 bits per heavy atom. The van der Waals surface area contributed by atoms with Crippen LogP contribution in [0.25, 0.3) is 5.82 Å². The van der Waals surface area contributed by atoms with Crippen LogP contribution >= 0.6 is 0 Å². The quantitative estimate of drug-likeness (QED) is 0.620. The highest BCUT2D eigenvalue weighted by Gasteiger charge is 2.20. The van der Waals surface area contributed by atoms with Gasteiger partial charge in [-0.3, -0.25) is 5.41 Å². The first-order valence-electron chi connectivity index (χ1n) is 6.34. The molecule has 0 amide bonds. The first-order chi connectivity index (χ1) is 9.06. The highest BCUT2D eigenvalue weighted by atomic mass is 15.4. The molecule has 2 aromatic heterocycles. The van der Waals surface area contributed by atoms with Crippen LogP contribution in [0, 0.1) is 19.3 Å². The number of nitrogens with zero attached hydrogens (tertiary/aromatic N) is 4. The lowest BCUT2D eigenvalue weighted by Gasteiger charge is -2.11. The minimum Gasteiger partial charge on any atom is -0.384 e. The van der Waals surface area contributed by atoms with E-state index in [-0.39, 0.29) is 5.84 Å². The summed E-state index contributed by atoms with van der Waals surface area (Å²) in [7, 11) is 0. The molecule has 2 aromatic rings. The molecule has 0 aliphatic heterocycles. The molecule has 19 heavy (non-hydrogen) atoms. The number of nitrogen functional groups attached to an aromatic ring is 1. The van der Waals surface area contributed by atoms with Gasteiger partial charge >= 0.3 is 0 Å². The molecule has 0 spiro atoms. The third-order valence-corrected chi connectivity index (χ3v) is 3.40. The summed E-state index contributed by atoms with van der Waals surface area (Å²) in [6.45, 7) is 3.71. The van der Waals surface area contributed by atoms with E-state index in [2.05, 4.69) is 15.1 Å². The molecule has 98 valence electrons. The fourth-order valence-electron chi connectivity index (χ4n) is 2.54. The zero-order valence-electron chi connectivity index (χ0n) is 11.1. The van der Waals surface area contributed by atoms with Gasteiger partial charge in [-0.25, -0.2) is 9.97 Å². The van der Waals surface area contributed by atoms with E-state index >= 15 is 0 Å². The van der Waals surface area contributed by atoms with Gasteiger partial charge in [-0.05, 0) is 44.7 Å². The molecule has 0 saturated carbocycles. The van der Waals surface area contributed by atoms with Crippen molar-refractivity contribution >= 4 is 5.84 Å². The number of rotatable bonds is 2. The summed E-state index contributed by atoms with van der Waals surface area (Å²) in [5.74, 6) is 2.08. The first kappa shape index (κ1) is 11.8. The zero-order chi connectivity index (χ0) is 13.6. The van der Waals surface area contributed by atoms with Gasteiger partial charge in [0.05, 0.1) is 5.56 Å². The first-order valence-corrected chi connectivity index (χ1v) is 6.34. The lowest BCUT2D eigenvalue weighted by Crippen LogP contribution is -2.18. The van der Waals surface area contributed by atoms with E-state index in [0.29, 0.717) is 17.2 Å². The Hall–Kier alpha value is -2.24. The van der Waals surface area contributed by atoms with E-state index in [9.17, 15) is 0 Å². The molecule has 0 radical (unpaired) electrons. The van der Waals surface area contributed by atoms with Crippen molar-refractivity contribution in [3.8, 4) is 5.82 Å². The van der Waals surface area contributed by atoms with Crippen LogP contribution in [0.5, 0.6) is 0 Å². The van der Waals surface area contributed by atoms with Gasteiger partial charge in [0.15, 0.2) is 5.82 Å². The maximum absolute atomic E-state index is 7.74. The second kappa shape index (κ2) is 4.15. The van der Waals surface area contributed by atoms with Crippen LogP contribution in [0.3, 0.4) is 0 Å². The maximum atomic E-state index is 7.74. The minimum absolute atomic E-state index is 0.0183. The zero-order valence-corrected chi connectivity index (χ0v) is 11.1. The normalized spacial score (nSPS) is 13.6. The fraction of sp³-hybridized carbons (Fsp3) is 0.385. The van der Waals surface area contributed by atoms with Gasteiger partial charge in [-0.15, -0.1) is 5.10 Å². The Bertz CT molecular complexity index is 670. The number of hydrogen-bond acceptors (Lipinski definition) is 4. The average Bonchev–Trinajstić information content (AvgIpc) is 2.92. The van der Waals surface area contributed by atoms with Crippen molar-refractivity contribution in [1.29, 1.82) is 5.41 Å². The lowest BCUT2D eigenvalue weighted by molar-refractivity contribution is 0.791. The second-order valence-electron chi connectivity index (χ2n) is 4.85. The Kier molecular flexibility index (Phi) is 2.58. The molecular formula is C13H16N6. The highest BCUT2D eigenvalue weighted by molar-refractivity contribution is 5.98. The Labute approximate surface area is 111 Å². The standard InChI is InChI=1S/C13H16N6/c1-7-16-8(2)19(18-7)13-10(12(14)15)6-9-4-3-5-11(9)17-13/h6H,3-5H2,1-2H3,(H3,14,15). The van der Waals surface area contributed by atoms with E-state index in [1.807, 2.05) is 19.9 Å². The van der Waals surface area contributed by atoms with Gasteiger partial charge in [0.2, 0.25) is 0 Å². The van der Waals surface area contributed by atoms with Crippen LogP contribution in [0.2, 0.25) is 0 Å². The van der Waals surface area contributed by atoms with E-state index in [1.165, 1.54) is 5.56 Å². The fourth-order valence-corrected chi connectivity index (χ4v) is 2.54. The smallest absolute Gasteiger partial charge is 0.166 e. The van der Waals surface area contributed by atoms with Crippen LogP contribution in [-0.2, 0) is 12.8 Å². The minimum atomic E-state index is 0.0183. The van der Waals surface area contributed by atoms with Crippen LogP contribution in [-0.4, -0.2) is 25.6 Å². The van der Waals surface area contributed by atoms with Gasteiger partial charge in [0.25, 0.3) is 0 Å². The number of aromatic nitrogens is 4. The third kappa shape index (κ3) is 1.89. The van der Waals surface area contributed by atoms with E-state index < -0.39 is 0 Å². The van der Waals surface area contributed by atoms with E-state index in [4.69, 9.17) is 11.1 Å². The monoisotopic (exact) mass is 256 g/mol. The Balaban J connectivity index is 2.25.